The van der Waals surface area contributed by atoms with Gasteiger partial charge in [-0.1, -0.05) is 30.7 Å². The number of benzene rings is 1. The number of ether oxygens (including phenoxy) is 1. The molecule has 0 saturated heterocycles. The standard InChI is InChI=1S/C13H18ClNO3/c1-3-10(16)12(15)11(17)7-18-13-8(2)5-4-6-9(13)14/h4-6,10,12,16H,3,7,15H2,1-2H3. The number of aryl methyl sites for hydroxylation is 1. The van der Waals surface area contributed by atoms with Crippen molar-refractivity contribution >= 4 is 17.4 Å². The lowest BCUT2D eigenvalue weighted by atomic mass is 10.1. The van der Waals surface area contributed by atoms with E-state index >= 15 is 0 Å². The lowest BCUT2D eigenvalue weighted by Gasteiger charge is -2.17. The summed E-state index contributed by atoms with van der Waals surface area (Å²) in [5, 5.41) is 9.93. The molecule has 0 amide bonds. The molecule has 0 spiro atoms. The molecule has 5 heteroatoms. The number of nitrogens with two attached hydrogens (primary N) is 1. The predicted octanol–water partition coefficient (Wildman–Crippen LogP) is 1.69. The molecule has 1 aromatic rings. The Hall–Kier alpha value is -1.10. The first-order valence-electron chi connectivity index (χ1n) is 5.81. The summed E-state index contributed by atoms with van der Waals surface area (Å²) in [4.78, 5) is 11.7. The van der Waals surface area contributed by atoms with Gasteiger partial charge in [0.15, 0.2) is 5.78 Å². The van der Waals surface area contributed by atoms with Gasteiger partial charge < -0.3 is 15.6 Å². The second-order valence-corrected chi connectivity index (χ2v) is 4.55. The monoisotopic (exact) mass is 271 g/mol. The fraction of sp³-hybridized carbons (Fsp3) is 0.462. The molecule has 100 valence electrons. The Morgan fingerprint density at radius 2 is 2.22 bits per heavy atom. The first-order chi connectivity index (χ1) is 8.47. The number of halogens is 1. The number of para-hydroxylation sites is 1. The van der Waals surface area contributed by atoms with E-state index in [0.717, 1.165) is 5.56 Å². The van der Waals surface area contributed by atoms with Crippen molar-refractivity contribution in [1.82, 2.24) is 0 Å². The first-order valence-corrected chi connectivity index (χ1v) is 6.19. The number of ketones is 1. The number of carbonyl (C=O) groups excluding carboxylic acids is 1. The topological polar surface area (TPSA) is 72.5 Å². The van der Waals surface area contributed by atoms with E-state index in [1.807, 2.05) is 13.0 Å². The highest BCUT2D eigenvalue weighted by atomic mass is 35.5. The molecule has 18 heavy (non-hydrogen) atoms. The third-order valence-corrected chi connectivity index (χ3v) is 3.02. The van der Waals surface area contributed by atoms with Crippen LogP contribution >= 0.6 is 11.6 Å². The van der Waals surface area contributed by atoms with E-state index in [1.165, 1.54) is 0 Å². The van der Waals surface area contributed by atoms with Crippen LogP contribution in [0.1, 0.15) is 18.9 Å². The Morgan fingerprint density at radius 1 is 1.56 bits per heavy atom. The molecule has 0 aliphatic carbocycles. The Bertz CT molecular complexity index is 402. The Labute approximate surface area is 112 Å². The van der Waals surface area contributed by atoms with Gasteiger partial charge in [-0.2, -0.15) is 0 Å². The molecule has 0 saturated carbocycles. The van der Waals surface area contributed by atoms with E-state index in [-0.39, 0.29) is 12.4 Å². The predicted molar refractivity (Wildman–Crippen MR) is 71.0 cm³/mol. The maximum atomic E-state index is 11.7. The average Bonchev–Trinajstić information content (AvgIpc) is 2.36. The minimum atomic E-state index is -0.919. The normalized spacial score (nSPS) is 14.1. The average molecular weight is 272 g/mol. The quantitative estimate of drug-likeness (QED) is 0.826. The maximum Gasteiger partial charge on any atom is 0.189 e. The number of aliphatic hydroxyl groups excluding tert-OH is 1. The highest BCUT2D eigenvalue weighted by molar-refractivity contribution is 6.32. The number of Topliss-reactive ketones (excluding diaryl/α,β-unsaturated/α-hetero) is 1. The zero-order valence-electron chi connectivity index (χ0n) is 10.5. The van der Waals surface area contributed by atoms with Crippen molar-refractivity contribution in [2.45, 2.75) is 32.4 Å². The van der Waals surface area contributed by atoms with Crippen molar-refractivity contribution in [1.29, 1.82) is 0 Å². The van der Waals surface area contributed by atoms with Crippen LogP contribution in [0, 0.1) is 6.92 Å². The molecule has 0 fully saturated rings. The SMILES string of the molecule is CCC(O)C(N)C(=O)COc1c(C)cccc1Cl. The molecule has 0 bridgehead atoms. The van der Waals surface area contributed by atoms with Gasteiger partial charge in [0.2, 0.25) is 0 Å². The Kier molecular flexibility index (Phi) is 5.59. The van der Waals surface area contributed by atoms with E-state index in [4.69, 9.17) is 22.1 Å². The molecule has 0 aliphatic rings. The van der Waals surface area contributed by atoms with Crippen LogP contribution in [0.25, 0.3) is 0 Å². The Morgan fingerprint density at radius 3 is 2.78 bits per heavy atom. The fourth-order valence-electron chi connectivity index (χ4n) is 1.51. The number of hydrogen-bond acceptors (Lipinski definition) is 4. The third kappa shape index (κ3) is 3.70. The minimum Gasteiger partial charge on any atom is -0.484 e. The van der Waals surface area contributed by atoms with Crippen LogP contribution in [0.15, 0.2) is 18.2 Å². The summed E-state index contributed by atoms with van der Waals surface area (Å²) in [5.74, 6) is 0.134. The molecule has 1 aromatic carbocycles. The zero-order chi connectivity index (χ0) is 13.7. The first kappa shape index (κ1) is 15.0. The van der Waals surface area contributed by atoms with Crippen molar-refractivity contribution in [3.63, 3.8) is 0 Å². The molecule has 3 N–H and O–H groups in total. The maximum absolute atomic E-state index is 11.7. The van der Waals surface area contributed by atoms with Crippen LogP contribution in [0.4, 0.5) is 0 Å². The third-order valence-electron chi connectivity index (χ3n) is 2.73. The molecule has 1 rings (SSSR count). The number of rotatable bonds is 6. The van der Waals surface area contributed by atoms with E-state index in [9.17, 15) is 9.90 Å². The molecule has 0 aliphatic heterocycles. The summed E-state index contributed by atoms with van der Waals surface area (Å²) in [5.41, 5.74) is 6.45. The fourth-order valence-corrected chi connectivity index (χ4v) is 1.78. The van der Waals surface area contributed by atoms with E-state index < -0.39 is 12.1 Å². The second kappa shape index (κ2) is 6.73. The van der Waals surface area contributed by atoms with Gasteiger partial charge in [0, 0.05) is 0 Å². The lowest BCUT2D eigenvalue weighted by Crippen LogP contribution is -2.43. The number of hydrogen-bond donors (Lipinski definition) is 2. The number of carbonyl (C=O) groups is 1. The highest BCUT2D eigenvalue weighted by Crippen LogP contribution is 2.27. The van der Waals surface area contributed by atoms with Crippen LogP contribution in [-0.4, -0.2) is 29.6 Å². The second-order valence-electron chi connectivity index (χ2n) is 4.14. The van der Waals surface area contributed by atoms with Gasteiger partial charge in [-0.25, -0.2) is 0 Å². The van der Waals surface area contributed by atoms with Crippen molar-refractivity contribution in [3.8, 4) is 5.75 Å². The van der Waals surface area contributed by atoms with E-state index in [0.29, 0.717) is 17.2 Å². The smallest absolute Gasteiger partial charge is 0.189 e. The van der Waals surface area contributed by atoms with Crippen molar-refractivity contribution in [3.05, 3.63) is 28.8 Å². The summed E-state index contributed by atoms with van der Waals surface area (Å²) >= 11 is 5.97. The summed E-state index contributed by atoms with van der Waals surface area (Å²) in [7, 11) is 0. The molecule has 0 heterocycles. The summed E-state index contributed by atoms with van der Waals surface area (Å²) in [6, 6.07) is 4.42. The van der Waals surface area contributed by atoms with Crippen LogP contribution in [0.5, 0.6) is 5.75 Å². The van der Waals surface area contributed by atoms with Crippen LogP contribution in [-0.2, 0) is 4.79 Å². The molecular formula is C13H18ClNO3. The van der Waals surface area contributed by atoms with Gasteiger partial charge in [-0.05, 0) is 25.0 Å². The lowest BCUT2D eigenvalue weighted by molar-refractivity contribution is -0.124. The van der Waals surface area contributed by atoms with Gasteiger partial charge in [-0.15, -0.1) is 0 Å². The molecule has 4 nitrogen and oxygen atoms in total. The molecule has 2 atom stereocenters. The molecular weight excluding hydrogens is 254 g/mol. The van der Waals surface area contributed by atoms with E-state index in [1.54, 1.807) is 19.1 Å². The molecule has 2 unspecified atom stereocenters. The van der Waals surface area contributed by atoms with Gasteiger partial charge in [0.05, 0.1) is 17.2 Å². The van der Waals surface area contributed by atoms with Gasteiger partial charge >= 0.3 is 0 Å². The molecule has 0 radical (unpaired) electrons. The largest absolute Gasteiger partial charge is 0.484 e. The summed E-state index contributed by atoms with van der Waals surface area (Å²) < 4.78 is 5.37. The van der Waals surface area contributed by atoms with Crippen LogP contribution < -0.4 is 10.5 Å². The van der Waals surface area contributed by atoms with Crippen LogP contribution in [0.3, 0.4) is 0 Å². The number of aliphatic hydroxyl groups is 1. The minimum absolute atomic E-state index is 0.192. The van der Waals surface area contributed by atoms with Gasteiger partial charge in [-0.3, -0.25) is 4.79 Å². The highest BCUT2D eigenvalue weighted by Gasteiger charge is 2.21. The van der Waals surface area contributed by atoms with Crippen molar-refractivity contribution < 1.29 is 14.6 Å². The molecule has 0 aromatic heterocycles. The summed E-state index contributed by atoms with van der Waals surface area (Å²) in [6.45, 7) is 3.41. The summed E-state index contributed by atoms with van der Waals surface area (Å²) in [6.07, 6.45) is -0.411. The zero-order valence-corrected chi connectivity index (χ0v) is 11.3. The Balaban J connectivity index is 2.63. The van der Waals surface area contributed by atoms with Crippen molar-refractivity contribution in [2.24, 2.45) is 5.73 Å². The van der Waals surface area contributed by atoms with E-state index in [2.05, 4.69) is 0 Å². The van der Waals surface area contributed by atoms with Crippen molar-refractivity contribution in [2.75, 3.05) is 6.61 Å². The van der Waals surface area contributed by atoms with Gasteiger partial charge in [0.1, 0.15) is 12.4 Å². The van der Waals surface area contributed by atoms with Gasteiger partial charge in [0.25, 0.3) is 0 Å². The van der Waals surface area contributed by atoms with Crippen LogP contribution in [0.2, 0.25) is 5.02 Å².